The van der Waals surface area contributed by atoms with Crippen molar-refractivity contribution in [2.24, 2.45) is 21.1 Å². The molecule has 3 aliphatic heterocycles. The standard InChI is InChI=1S/C40H38Cl2N4O4.C36H35Cl2N5O2.C33H33Cl2N5O4S/c1-22-20-26(21-23(2)36(22)42)50-19-8-13-29-30-15-16-32(41)35(34-24(3)43-44(5)25(34)4)37(30)46-18-9-17-45(39(47)38(29)46)33-14-7-10-27-28(33)11-6-12-31(27)40(48)49;1-21-17-27(18-22(2)33(21)38)45-16-7-11-28-29-12-13-30(37)32(31-23(3)40-41(5)24(31)4)34(29)43-15-8-14-42(36(44)35(28)43)26-10-6-9-25(19-26)20-39;1-17-14-21(15-18(2)28(17)35)44-13-6-8-22-23-9-10-24(34)27(26-19(3)37-38(5)20(26)4)29(23)39-11-7-12-40(31(41)30(22)39)33-36-16-25(45-33)32(42)43/h6-7,10-12,14-16,20-21H,8-9,13,17-19H2,1-5H3,(H,48,49);6,9-10,12-13,17-19H,7-8,11,14-16H2,1-5H3;9-10,14-16H,6-8,11-13H2,1-5H3,(H,42,43). The number of carbonyl (C=O) groups excluding carboxylic acids is 3. The lowest BCUT2D eigenvalue weighted by atomic mass is 9.98. The van der Waals surface area contributed by atoms with Crippen LogP contribution in [0, 0.1) is 94.4 Å². The van der Waals surface area contributed by atoms with Gasteiger partial charge in [0.1, 0.15) is 39.2 Å². The monoisotopic (exact) mass is 2010 g/mol. The number of thiazole rings is 1. The first-order valence-electron chi connectivity index (χ1n) is 46.7. The number of hydrogen-bond acceptors (Lipinski definition) is 14. The zero-order valence-corrected chi connectivity index (χ0v) is 86.0. The molecule has 140 heavy (non-hydrogen) atoms. The third-order valence-electron chi connectivity index (χ3n) is 27.1. The molecule has 0 fully saturated rings. The summed E-state index contributed by atoms with van der Waals surface area (Å²) in [7, 11) is 5.77. The topological polar surface area (TPSA) is 268 Å². The molecule has 0 spiro atoms. The Morgan fingerprint density at radius 1 is 0.414 bits per heavy atom. The van der Waals surface area contributed by atoms with E-state index in [4.69, 9.17) is 88.9 Å². The van der Waals surface area contributed by atoms with Crippen molar-refractivity contribution in [1.29, 1.82) is 5.26 Å². The van der Waals surface area contributed by atoms with Crippen molar-refractivity contribution < 1.29 is 48.4 Å². The van der Waals surface area contributed by atoms with Gasteiger partial charge in [0, 0.05) is 153 Å². The van der Waals surface area contributed by atoms with E-state index < -0.39 is 11.9 Å². The maximum atomic E-state index is 15.0. The number of carbonyl (C=O) groups is 5. The summed E-state index contributed by atoms with van der Waals surface area (Å²) in [5.41, 5.74) is 26.5. The maximum absolute atomic E-state index is 15.0. The summed E-state index contributed by atoms with van der Waals surface area (Å²) in [5.74, 6) is -0.193. The molecule has 2 N–H and O–H groups in total. The third-order valence-corrected chi connectivity index (χ3v) is 30.9. The van der Waals surface area contributed by atoms with E-state index in [-0.39, 0.29) is 28.2 Å². The summed E-state index contributed by atoms with van der Waals surface area (Å²) in [6, 6.07) is 43.7. The highest BCUT2D eigenvalue weighted by atomic mass is 35.5. The van der Waals surface area contributed by atoms with Gasteiger partial charge in [-0.1, -0.05) is 129 Å². The van der Waals surface area contributed by atoms with Gasteiger partial charge in [-0.2, -0.15) is 20.6 Å². The van der Waals surface area contributed by atoms with E-state index in [0.717, 1.165) is 211 Å². The zero-order chi connectivity index (χ0) is 99.6. The van der Waals surface area contributed by atoms with Gasteiger partial charge in [0.2, 0.25) is 0 Å². The van der Waals surface area contributed by atoms with Crippen LogP contribution in [-0.2, 0) is 60.0 Å². The largest absolute Gasteiger partial charge is 0.494 e. The number of benzene rings is 9. The molecule has 0 bridgehead atoms. The van der Waals surface area contributed by atoms with Crippen LogP contribution >= 0.6 is 80.9 Å². The second-order valence-electron chi connectivity index (χ2n) is 36.3. The summed E-state index contributed by atoms with van der Waals surface area (Å²) < 4.78 is 30.5. The molecular formula is C109H106Cl6N14O10S. The number of aromatic carboxylic acids is 2. The van der Waals surface area contributed by atoms with Gasteiger partial charge in [-0.3, -0.25) is 33.3 Å². The number of amides is 3. The fraction of sp³-hybridized carbons (Fsp3) is 0.303. The van der Waals surface area contributed by atoms with Gasteiger partial charge in [0.15, 0.2) is 5.13 Å². The zero-order valence-electron chi connectivity index (χ0n) is 80.6. The highest BCUT2D eigenvalue weighted by Gasteiger charge is 2.39. The number of hydrogen-bond donors (Lipinski definition) is 2. The summed E-state index contributed by atoms with van der Waals surface area (Å²) >= 11 is 41.1. The van der Waals surface area contributed by atoms with Gasteiger partial charge in [-0.25, -0.2) is 14.6 Å². The first kappa shape index (κ1) is 98.7. The number of ether oxygens (including phenoxy) is 3. The average Bonchev–Trinajstić information content (AvgIpc) is 1.57. The lowest BCUT2D eigenvalue weighted by molar-refractivity contribution is 0.0689. The lowest BCUT2D eigenvalue weighted by Crippen LogP contribution is -2.32. The normalized spacial score (nSPS) is 13.3. The Morgan fingerprint density at radius 3 is 1.14 bits per heavy atom. The number of nitriles is 1. The fourth-order valence-electron chi connectivity index (χ4n) is 20.5. The van der Waals surface area contributed by atoms with Gasteiger partial charge < -0.3 is 47.9 Å². The van der Waals surface area contributed by atoms with Crippen molar-refractivity contribution in [1.82, 2.24) is 48.0 Å². The minimum Gasteiger partial charge on any atom is -0.494 e. The second kappa shape index (κ2) is 40.7. The molecule has 0 atom stereocenters. The number of aromatic nitrogens is 10. The van der Waals surface area contributed by atoms with E-state index in [1.165, 1.54) is 6.20 Å². The third kappa shape index (κ3) is 18.6. The Morgan fingerprint density at radius 2 is 0.771 bits per heavy atom. The van der Waals surface area contributed by atoms with Crippen LogP contribution in [0.5, 0.6) is 17.2 Å². The number of carboxylic acids is 2. The van der Waals surface area contributed by atoms with Crippen LogP contribution < -0.4 is 28.9 Å². The van der Waals surface area contributed by atoms with Gasteiger partial charge in [-0.15, -0.1) is 0 Å². The van der Waals surface area contributed by atoms with Crippen LogP contribution in [0.4, 0.5) is 16.5 Å². The molecule has 31 heteroatoms. The highest BCUT2D eigenvalue weighted by molar-refractivity contribution is 7.17. The summed E-state index contributed by atoms with van der Waals surface area (Å²) in [4.78, 5) is 77.4. The smallest absolute Gasteiger partial charge is 0.347 e. The summed E-state index contributed by atoms with van der Waals surface area (Å²) in [6.45, 7) is 28.5. The van der Waals surface area contributed by atoms with Crippen LogP contribution in [0.15, 0.2) is 140 Å². The van der Waals surface area contributed by atoms with Crippen LogP contribution in [0.3, 0.4) is 0 Å². The average molecular weight is 2020 g/mol. The maximum Gasteiger partial charge on any atom is 0.347 e. The van der Waals surface area contributed by atoms with Gasteiger partial charge in [-0.05, 0) is 281 Å². The summed E-state index contributed by atoms with van der Waals surface area (Å²) in [6.07, 6.45) is 7.22. The predicted octanol–water partition coefficient (Wildman–Crippen LogP) is 25.8. The van der Waals surface area contributed by atoms with Crippen molar-refractivity contribution in [3.63, 3.8) is 0 Å². The Bertz CT molecular complexity index is 7730. The van der Waals surface area contributed by atoms with E-state index in [9.17, 15) is 34.7 Å². The lowest BCUT2D eigenvalue weighted by Gasteiger charge is -2.23. The molecular weight excluding hydrogens is 1910 g/mol. The second-order valence-corrected chi connectivity index (χ2v) is 39.6. The van der Waals surface area contributed by atoms with Gasteiger partial charge in [0.05, 0.1) is 97.6 Å². The van der Waals surface area contributed by atoms with Crippen LogP contribution in [0.25, 0.3) is 76.9 Å². The van der Waals surface area contributed by atoms with E-state index >= 15 is 4.79 Å². The number of nitrogens with zero attached hydrogens (tertiary/aromatic N) is 14. The molecule has 19 rings (SSSR count). The SMILES string of the molecule is Cc1cc(OCCCc2c3n(c4c(-c5c(C)nn(C)c5C)c(Cl)ccc24)CCCN(c2cccc(C#N)c2)C3=O)cc(C)c1Cl.Cc1cc(OCCCc2c3n(c4c(-c5c(C)nn(C)c5C)c(Cl)ccc24)CCCN(c2cccc4c(C(=O)O)cccc24)C3=O)cc(C)c1Cl.Cc1cc(OCCCc2c3n(c4c(-c5c(C)nn(C)c5C)c(Cl)ccc24)CCCN(c2ncc(C(=O)O)s2)C3=O)cc(C)c1Cl. The Balaban J connectivity index is 0.000000145. The number of halogens is 6. The van der Waals surface area contributed by atoms with E-state index in [0.29, 0.717) is 164 Å². The molecule has 0 aliphatic carbocycles. The Kier molecular flexibility index (Phi) is 28.7. The van der Waals surface area contributed by atoms with E-state index in [1.807, 2.05) is 226 Å². The Labute approximate surface area is 845 Å². The molecule has 0 saturated carbocycles. The van der Waals surface area contributed by atoms with Gasteiger partial charge >= 0.3 is 11.9 Å². The van der Waals surface area contributed by atoms with Crippen molar-refractivity contribution in [3.8, 4) is 56.7 Å². The first-order valence-corrected chi connectivity index (χ1v) is 49.7. The van der Waals surface area contributed by atoms with E-state index in [1.54, 1.807) is 40.1 Å². The molecule has 3 aliphatic rings. The molecule has 16 aromatic rings. The predicted molar refractivity (Wildman–Crippen MR) is 560 cm³/mol. The van der Waals surface area contributed by atoms with Crippen LogP contribution in [-0.4, -0.2) is 127 Å². The van der Waals surface area contributed by atoms with Crippen molar-refractivity contribution in [3.05, 3.63) is 287 Å². The molecule has 3 amide bonds. The quantitative estimate of drug-likeness (QED) is 0.0564. The number of anilines is 3. The molecule has 7 aromatic heterocycles. The molecule has 24 nitrogen and oxygen atoms in total. The number of aryl methyl sites for hydroxylation is 18. The highest BCUT2D eigenvalue weighted by Crippen LogP contribution is 2.49. The Hall–Kier alpha value is -12.9. The van der Waals surface area contributed by atoms with E-state index in [2.05, 4.69) is 35.0 Å². The number of carboxylic acid groups (broad SMARTS) is 2. The molecule has 0 radical (unpaired) electrons. The van der Waals surface area contributed by atoms with Crippen molar-refractivity contribution >= 4 is 171 Å². The number of rotatable bonds is 23. The van der Waals surface area contributed by atoms with Crippen molar-refractivity contribution in [2.45, 2.75) is 161 Å². The molecule has 9 aromatic carbocycles. The number of fused-ring (bicyclic) bond motifs is 10. The molecule has 0 saturated heterocycles. The molecule has 720 valence electrons. The van der Waals surface area contributed by atoms with Crippen molar-refractivity contribution in [2.75, 3.05) is 54.2 Å². The fourth-order valence-corrected chi connectivity index (χ4v) is 22.3. The summed E-state index contributed by atoms with van der Waals surface area (Å²) in [5, 5.41) is 51.6. The van der Waals surface area contributed by atoms with Crippen LogP contribution in [0.1, 0.15) is 180 Å². The molecule has 0 unspecified atom stereocenters. The first-order chi connectivity index (χ1) is 67.0. The molecule has 10 heterocycles. The van der Waals surface area contributed by atoms with Gasteiger partial charge in [0.25, 0.3) is 17.7 Å². The minimum atomic E-state index is -1.07. The van der Waals surface area contributed by atoms with Crippen LogP contribution in [0.2, 0.25) is 30.1 Å². The minimum absolute atomic E-state index is 0.0830.